The minimum Gasteiger partial charge on any atom is -0.207 e. The van der Waals surface area contributed by atoms with Crippen LogP contribution < -0.4 is 0 Å². The van der Waals surface area contributed by atoms with Gasteiger partial charge in [-0.25, -0.2) is 8.42 Å². The van der Waals surface area contributed by atoms with Crippen molar-refractivity contribution in [3.05, 3.63) is 65.2 Å². The summed E-state index contributed by atoms with van der Waals surface area (Å²) in [5.74, 6) is 0. The molecule has 1 atom stereocenters. The van der Waals surface area contributed by atoms with Gasteiger partial charge in [0.15, 0.2) is 0 Å². The molecule has 2 aromatic rings. The van der Waals surface area contributed by atoms with Crippen LogP contribution in [0.1, 0.15) is 37.0 Å². The topological polar surface area (TPSA) is 37.4 Å². The van der Waals surface area contributed by atoms with E-state index in [1.165, 1.54) is 11.1 Å². The highest BCUT2D eigenvalue weighted by Gasteiger charge is 2.43. The summed E-state index contributed by atoms with van der Waals surface area (Å²) >= 11 is 0. The maximum Gasteiger partial charge on any atom is 0.243 e. The van der Waals surface area contributed by atoms with Gasteiger partial charge in [-0.05, 0) is 49.8 Å². The van der Waals surface area contributed by atoms with Crippen molar-refractivity contribution in [2.45, 2.75) is 51.5 Å². The number of hydrogen-bond donors (Lipinski definition) is 0. The third-order valence-corrected chi connectivity index (χ3v) is 6.91. The van der Waals surface area contributed by atoms with Crippen LogP contribution in [0.2, 0.25) is 0 Å². The first-order valence-electron chi connectivity index (χ1n) is 8.81. The Balaban J connectivity index is 1.91. The molecule has 2 aromatic carbocycles. The van der Waals surface area contributed by atoms with Gasteiger partial charge in [0.2, 0.25) is 10.0 Å². The van der Waals surface area contributed by atoms with Gasteiger partial charge in [0, 0.05) is 12.6 Å². The Morgan fingerprint density at radius 2 is 1.48 bits per heavy atom. The first-order valence-corrected chi connectivity index (χ1v) is 10.3. The molecule has 0 amide bonds. The zero-order valence-electron chi connectivity index (χ0n) is 15.5. The van der Waals surface area contributed by atoms with E-state index in [-0.39, 0.29) is 11.5 Å². The Morgan fingerprint density at radius 3 is 2.04 bits per heavy atom. The molecule has 3 nitrogen and oxygen atoms in total. The molecule has 1 unspecified atom stereocenters. The molecule has 0 spiro atoms. The Bertz CT molecular complexity index is 836. The van der Waals surface area contributed by atoms with E-state index < -0.39 is 10.0 Å². The molecule has 1 heterocycles. The van der Waals surface area contributed by atoms with Crippen LogP contribution in [0, 0.1) is 19.3 Å². The lowest BCUT2D eigenvalue weighted by molar-refractivity contribution is 0.366. The molecule has 1 saturated heterocycles. The van der Waals surface area contributed by atoms with Crippen molar-refractivity contribution in [3.63, 3.8) is 0 Å². The van der Waals surface area contributed by atoms with E-state index in [1.807, 2.05) is 19.1 Å². The van der Waals surface area contributed by atoms with Crippen LogP contribution in [0.25, 0.3) is 0 Å². The average Bonchev–Trinajstić information content (AvgIpc) is 2.85. The second kappa shape index (κ2) is 6.58. The fraction of sp³-hybridized carbons (Fsp3) is 0.429. The summed E-state index contributed by atoms with van der Waals surface area (Å²) < 4.78 is 28.1. The Kier molecular flexibility index (Phi) is 4.78. The molecule has 0 aliphatic carbocycles. The Labute approximate surface area is 151 Å². The summed E-state index contributed by atoms with van der Waals surface area (Å²) in [6, 6.07) is 15.6. The third kappa shape index (κ3) is 3.96. The normalized spacial score (nSPS) is 20.7. The van der Waals surface area contributed by atoms with Crippen molar-refractivity contribution >= 4 is 10.0 Å². The van der Waals surface area contributed by atoms with Crippen molar-refractivity contribution in [1.82, 2.24) is 4.31 Å². The predicted molar refractivity (Wildman–Crippen MR) is 102 cm³/mol. The van der Waals surface area contributed by atoms with Gasteiger partial charge >= 0.3 is 0 Å². The van der Waals surface area contributed by atoms with Gasteiger partial charge in [0.05, 0.1) is 4.90 Å². The van der Waals surface area contributed by atoms with E-state index in [2.05, 4.69) is 45.0 Å². The molecule has 134 valence electrons. The van der Waals surface area contributed by atoms with Gasteiger partial charge < -0.3 is 0 Å². The number of benzene rings is 2. The van der Waals surface area contributed by atoms with Crippen LogP contribution in [0.15, 0.2) is 53.4 Å². The first-order chi connectivity index (χ1) is 11.7. The second-order valence-electron chi connectivity index (χ2n) is 8.08. The molecular weight excluding hydrogens is 330 g/mol. The fourth-order valence-electron chi connectivity index (χ4n) is 3.65. The SMILES string of the molecule is Cc1ccc(CC2CC(C)(C)CN2S(=O)(=O)c2ccc(C)cc2)cc1. The molecule has 3 rings (SSSR count). The average molecular weight is 358 g/mol. The molecular formula is C21H27NO2S. The standard InChI is InChI=1S/C21H27NO2S/c1-16-5-9-18(10-6-16)13-19-14-21(3,4)15-22(19)25(23,24)20-11-7-17(2)8-12-20/h5-12,19H,13-15H2,1-4H3. The van der Waals surface area contributed by atoms with Crippen molar-refractivity contribution in [2.24, 2.45) is 5.41 Å². The van der Waals surface area contributed by atoms with E-state index in [0.717, 1.165) is 18.4 Å². The largest absolute Gasteiger partial charge is 0.243 e. The van der Waals surface area contributed by atoms with Crippen LogP contribution in [0.3, 0.4) is 0 Å². The molecule has 0 N–H and O–H groups in total. The van der Waals surface area contributed by atoms with Crippen molar-refractivity contribution in [2.75, 3.05) is 6.54 Å². The predicted octanol–water partition coefficient (Wildman–Crippen LogP) is 4.34. The molecule has 0 radical (unpaired) electrons. The number of aryl methyl sites for hydroxylation is 2. The second-order valence-corrected chi connectivity index (χ2v) is 9.97. The number of sulfonamides is 1. The maximum atomic E-state index is 13.2. The molecule has 0 bridgehead atoms. The van der Waals surface area contributed by atoms with E-state index in [9.17, 15) is 8.42 Å². The van der Waals surface area contributed by atoms with Crippen LogP contribution >= 0.6 is 0 Å². The molecule has 0 saturated carbocycles. The monoisotopic (exact) mass is 357 g/mol. The van der Waals surface area contributed by atoms with E-state index >= 15 is 0 Å². The first kappa shape index (κ1) is 18.2. The van der Waals surface area contributed by atoms with Gasteiger partial charge in [-0.3, -0.25) is 0 Å². The molecule has 25 heavy (non-hydrogen) atoms. The van der Waals surface area contributed by atoms with Gasteiger partial charge in [-0.1, -0.05) is 61.4 Å². The minimum absolute atomic E-state index is 0.00371. The van der Waals surface area contributed by atoms with Crippen LogP contribution in [-0.4, -0.2) is 25.3 Å². The molecule has 0 aromatic heterocycles. The minimum atomic E-state index is -3.47. The highest BCUT2D eigenvalue weighted by Crippen LogP contribution is 2.38. The molecule has 1 aliphatic rings. The quantitative estimate of drug-likeness (QED) is 0.816. The zero-order valence-corrected chi connectivity index (χ0v) is 16.3. The molecule has 4 heteroatoms. The van der Waals surface area contributed by atoms with Crippen molar-refractivity contribution in [3.8, 4) is 0 Å². The fourth-order valence-corrected chi connectivity index (χ4v) is 5.46. The Hall–Kier alpha value is -1.65. The van der Waals surface area contributed by atoms with E-state index in [4.69, 9.17) is 0 Å². The zero-order chi connectivity index (χ0) is 18.2. The Morgan fingerprint density at radius 1 is 0.960 bits per heavy atom. The number of rotatable bonds is 4. The van der Waals surface area contributed by atoms with Crippen LogP contribution in [0.5, 0.6) is 0 Å². The third-order valence-electron chi connectivity index (χ3n) is 5.00. The molecule has 1 fully saturated rings. The summed E-state index contributed by atoms with van der Waals surface area (Å²) in [5, 5.41) is 0. The lowest BCUT2D eigenvalue weighted by Gasteiger charge is -2.24. The number of hydrogen-bond acceptors (Lipinski definition) is 2. The van der Waals surface area contributed by atoms with E-state index in [1.54, 1.807) is 16.4 Å². The van der Waals surface area contributed by atoms with Crippen molar-refractivity contribution < 1.29 is 8.42 Å². The summed E-state index contributed by atoms with van der Waals surface area (Å²) in [4.78, 5) is 0.393. The summed E-state index contributed by atoms with van der Waals surface area (Å²) in [7, 11) is -3.47. The van der Waals surface area contributed by atoms with Gasteiger partial charge in [0.25, 0.3) is 0 Å². The van der Waals surface area contributed by atoms with E-state index in [0.29, 0.717) is 11.4 Å². The number of nitrogens with zero attached hydrogens (tertiary/aromatic N) is 1. The summed E-state index contributed by atoms with van der Waals surface area (Å²) in [5.41, 5.74) is 3.47. The van der Waals surface area contributed by atoms with Gasteiger partial charge in [0.1, 0.15) is 0 Å². The lowest BCUT2D eigenvalue weighted by Crippen LogP contribution is -2.37. The van der Waals surface area contributed by atoms with Gasteiger partial charge in [-0.15, -0.1) is 0 Å². The van der Waals surface area contributed by atoms with Crippen LogP contribution in [-0.2, 0) is 16.4 Å². The maximum absolute atomic E-state index is 13.2. The highest BCUT2D eigenvalue weighted by atomic mass is 32.2. The van der Waals surface area contributed by atoms with Gasteiger partial charge in [-0.2, -0.15) is 4.31 Å². The highest BCUT2D eigenvalue weighted by molar-refractivity contribution is 7.89. The molecule has 1 aliphatic heterocycles. The van der Waals surface area contributed by atoms with Crippen molar-refractivity contribution in [1.29, 1.82) is 0 Å². The smallest absolute Gasteiger partial charge is 0.207 e. The summed E-state index contributed by atoms with van der Waals surface area (Å²) in [6.07, 6.45) is 1.64. The summed E-state index contributed by atoms with van der Waals surface area (Å²) in [6.45, 7) is 8.91. The lowest BCUT2D eigenvalue weighted by atomic mass is 9.89. The van der Waals surface area contributed by atoms with Crippen LogP contribution in [0.4, 0.5) is 0 Å².